The first-order valence-electron chi connectivity index (χ1n) is 6.36. The number of ether oxygens (including phenoxy) is 1. The molecule has 0 spiro atoms. The predicted octanol–water partition coefficient (Wildman–Crippen LogP) is 3.27. The minimum absolute atomic E-state index is 0.222. The number of anilines is 1. The van der Waals surface area contributed by atoms with Crippen LogP contribution in [0.25, 0.3) is 0 Å². The monoisotopic (exact) mass is 273 g/mol. The van der Waals surface area contributed by atoms with E-state index in [1.54, 1.807) is 24.3 Å². The lowest BCUT2D eigenvalue weighted by atomic mass is 10.1. The maximum absolute atomic E-state index is 12.8. The van der Waals surface area contributed by atoms with Crippen molar-refractivity contribution in [3.63, 3.8) is 0 Å². The van der Waals surface area contributed by atoms with E-state index in [1.165, 1.54) is 19.2 Å². The molecule has 2 aromatic carbocycles. The van der Waals surface area contributed by atoms with Crippen LogP contribution in [0.3, 0.4) is 0 Å². The maximum Gasteiger partial charge on any atom is 0.337 e. The van der Waals surface area contributed by atoms with Crippen LogP contribution < -0.4 is 5.32 Å². The Balaban J connectivity index is 1.85. The van der Waals surface area contributed by atoms with Gasteiger partial charge in [-0.25, -0.2) is 9.18 Å². The van der Waals surface area contributed by atoms with Crippen molar-refractivity contribution in [2.75, 3.05) is 19.0 Å². The Labute approximate surface area is 117 Å². The first kappa shape index (κ1) is 14.1. The molecule has 20 heavy (non-hydrogen) atoms. The molecular weight excluding hydrogens is 257 g/mol. The third kappa shape index (κ3) is 3.82. The third-order valence-corrected chi connectivity index (χ3v) is 2.96. The summed E-state index contributed by atoms with van der Waals surface area (Å²) in [6, 6.07) is 13.6. The molecule has 0 unspecified atom stereocenters. The highest BCUT2D eigenvalue weighted by atomic mass is 19.1. The van der Waals surface area contributed by atoms with Gasteiger partial charge in [0.15, 0.2) is 0 Å². The Kier molecular flexibility index (Phi) is 4.71. The summed E-state index contributed by atoms with van der Waals surface area (Å²) in [5.41, 5.74) is 2.53. The second kappa shape index (κ2) is 6.70. The number of carbonyl (C=O) groups is 1. The molecule has 2 rings (SSSR count). The van der Waals surface area contributed by atoms with E-state index >= 15 is 0 Å². The van der Waals surface area contributed by atoms with Gasteiger partial charge in [0.25, 0.3) is 0 Å². The average molecular weight is 273 g/mol. The summed E-state index contributed by atoms with van der Waals surface area (Å²) in [5, 5.41) is 3.25. The number of hydrogen-bond acceptors (Lipinski definition) is 3. The van der Waals surface area contributed by atoms with Gasteiger partial charge >= 0.3 is 5.97 Å². The van der Waals surface area contributed by atoms with E-state index < -0.39 is 0 Å². The van der Waals surface area contributed by atoms with Crippen LogP contribution in [0.4, 0.5) is 10.1 Å². The highest BCUT2D eigenvalue weighted by Gasteiger charge is 2.03. The van der Waals surface area contributed by atoms with Gasteiger partial charge in [-0.15, -0.1) is 0 Å². The van der Waals surface area contributed by atoms with Crippen molar-refractivity contribution in [2.24, 2.45) is 0 Å². The van der Waals surface area contributed by atoms with Crippen molar-refractivity contribution < 1.29 is 13.9 Å². The molecule has 0 saturated heterocycles. The van der Waals surface area contributed by atoms with Crippen LogP contribution in [-0.2, 0) is 11.2 Å². The van der Waals surface area contributed by atoms with Crippen LogP contribution in [0.5, 0.6) is 0 Å². The number of esters is 1. The fourth-order valence-corrected chi connectivity index (χ4v) is 1.84. The van der Waals surface area contributed by atoms with E-state index in [2.05, 4.69) is 10.1 Å². The van der Waals surface area contributed by atoms with Crippen LogP contribution in [0, 0.1) is 5.82 Å². The first-order chi connectivity index (χ1) is 9.69. The molecule has 0 saturated carbocycles. The maximum atomic E-state index is 12.8. The molecule has 3 nitrogen and oxygen atoms in total. The summed E-state index contributed by atoms with van der Waals surface area (Å²) in [5.74, 6) is -0.567. The van der Waals surface area contributed by atoms with Crippen LogP contribution in [0.15, 0.2) is 48.5 Å². The van der Waals surface area contributed by atoms with E-state index in [1.807, 2.05) is 12.1 Å². The summed E-state index contributed by atoms with van der Waals surface area (Å²) in [7, 11) is 1.36. The van der Waals surface area contributed by atoms with E-state index in [0.29, 0.717) is 5.56 Å². The Hall–Kier alpha value is -2.36. The molecule has 0 radical (unpaired) electrons. The Morgan fingerprint density at radius 2 is 1.75 bits per heavy atom. The van der Waals surface area contributed by atoms with E-state index in [4.69, 9.17) is 0 Å². The molecule has 0 aromatic heterocycles. The quantitative estimate of drug-likeness (QED) is 0.850. The zero-order chi connectivity index (χ0) is 14.4. The summed E-state index contributed by atoms with van der Waals surface area (Å²) in [4.78, 5) is 11.3. The molecular formula is C16H16FNO2. The molecule has 0 aliphatic heterocycles. The Bertz CT molecular complexity index is 564. The van der Waals surface area contributed by atoms with Gasteiger partial charge in [0, 0.05) is 12.2 Å². The summed E-state index contributed by atoms with van der Waals surface area (Å²) >= 11 is 0. The average Bonchev–Trinajstić information content (AvgIpc) is 2.49. The van der Waals surface area contributed by atoms with Gasteiger partial charge in [-0.1, -0.05) is 12.1 Å². The third-order valence-electron chi connectivity index (χ3n) is 2.96. The number of halogens is 1. The van der Waals surface area contributed by atoms with E-state index in [0.717, 1.165) is 24.2 Å². The van der Waals surface area contributed by atoms with Crippen molar-refractivity contribution in [2.45, 2.75) is 6.42 Å². The van der Waals surface area contributed by atoms with E-state index in [9.17, 15) is 9.18 Å². The lowest BCUT2D eigenvalue weighted by Crippen LogP contribution is -2.06. The second-order valence-corrected chi connectivity index (χ2v) is 4.37. The van der Waals surface area contributed by atoms with Gasteiger partial charge in [-0.05, 0) is 48.4 Å². The van der Waals surface area contributed by atoms with Crippen molar-refractivity contribution in [3.8, 4) is 0 Å². The highest BCUT2D eigenvalue weighted by molar-refractivity contribution is 5.89. The van der Waals surface area contributed by atoms with Gasteiger partial charge in [0.2, 0.25) is 0 Å². The normalized spacial score (nSPS) is 10.1. The largest absolute Gasteiger partial charge is 0.465 e. The molecule has 0 amide bonds. The smallest absolute Gasteiger partial charge is 0.337 e. The fraction of sp³-hybridized carbons (Fsp3) is 0.188. The molecule has 0 atom stereocenters. The second-order valence-electron chi connectivity index (χ2n) is 4.37. The number of benzene rings is 2. The van der Waals surface area contributed by atoms with Crippen LogP contribution in [0.1, 0.15) is 15.9 Å². The fourth-order valence-electron chi connectivity index (χ4n) is 1.84. The number of nitrogens with one attached hydrogen (secondary N) is 1. The van der Waals surface area contributed by atoms with Gasteiger partial charge < -0.3 is 10.1 Å². The zero-order valence-corrected chi connectivity index (χ0v) is 11.2. The minimum atomic E-state index is -0.345. The predicted molar refractivity (Wildman–Crippen MR) is 76.4 cm³/mol. The van der Waals surface area contributed by atoms with Gasteiger partial charge in [-0.2, -0.15) is 0 Å². The standard InChI is InChI=1S/C16H16FNO2/c1-20-16(19)13-4-8-15(9-5-13)18-11-10-12-2-6-14(17)7-3-12/h2-9,18H,10-11H2,1H3. The molecule has 104 valence electrons. The molecule has 0 fully saturated rings. The Morgan fingerprint density at radius 3 is 2.35 bits per heavy atom. The lowest BCUT2D eigenvalue weighted by Gasteiger charge is -2.07. The number of carbonyl (C=O) groups excluding carboxylic acids is 1. The molecule has 0 heterocycles. The SMILES string of the molecule is COC(=O)c1ccc(NCCc2ccc(F)cc2)cc1. The highest BCUT2D eigenvalue weighted by Crippen LogP contribution is 2.11. The van der Waals surface area contributed by atoms with Gasteiger partial charge in [0.1, 0.15) is 5.82 Å². The van der Waals surface area contributed by atoms with Crippen molar-refractivity contribution in [3.05, 3.63) is 65.5 Å². The minimum Gasteiger partial charge on any atom is -0.465 e. The Morgan fingerprint density at radius 1 is 1.10 bits per heavy atom. The lowest BCUT2D eigenvalue weighted by molar-refractivity contribution is 0.0601. The van der Waals surface area contributed by atoms with Crippen molar-refractivity contribution in [1.29, 1.82) is 0 Å². The van der Waals surface area contributed by atoms with Crippen LogP contribution in [-0.4, -0.2) is 19.6 Å². The summed E-state index contributed by atoms with van der Waals surface area (Å²) in [6.45, 7) is 0.739. The summed E-state index contributed by atoms with van der Waals surface area (Å²) < 4.78 is 17.4. The van der Waals surface area contributed by atoms with Crippen LogP contribution in [0.2, 0.25) is 0 Å². The summed E-state index contributed by atoms with van der Waals surface area (Å²) in [6.07, 6.45) is 0.805. The van der Waals surface area contributed by atoms with Crippen molar-refractivity contribution >= 4 is 11.7 Å². The zero-order valence-electron chi connectivity index (χ0n) is 11.2. The molecule has 2 aromatic rings. The topological polar surface area (TPSA) is 38.3 Å². The molecule has 0 aliphatic rings. The van der Waals surface area contributed by atoms with Gasteiger partial charge in [-0.3, -0.25) is 0 Å². The molecule has 0 bridgehead atoms. The number of rotatable bonds is 5. The van der Waals surface area contributed by atoms with Crippen molar-refractivity contribution in [1.82, 2.24) is 0 Å². The van der Waals surface area contributed by atoms with E-state index in [-0.39, 0.29) is 11.8 Å². The number of methoxy groups -OCH3 is 1. The molecule has 1 N–H and O–H groups in total. The first-order valence-corrected chi connectivity index (χ1v) is 6.36. The molecule has 4 heteroatoms. The van der Waals surface area contributed by atoms with Gasteiger partial charge in [0.05, 0.1) is 12.7 Å². The number of hydrogen-bond donors (Lipinski definition) is 1. The molecule has 0 aliphatic carbocycles. The van der Waals surface area contributed by atoms with Crippen LogP contribution >= 0.6 is 0 Å².